The molecule has 0 aromatic heterocycles. The first kappa shape index (κ1) is 20.0. The highest BCUT2D eigenvalue weighted by Crippen LogP contribution is 2.28. The number of nitrogens with one attached hydrogen (secondary N) is 1. The fourth-order valence-electron chi connectivity index (χ4n) is 3.25. The van der Waals surface area contributed by atoms with Crippen molar-refractivity contribution < 1.29 is 17.6 Å². The molecule has 0 bridgehead atoms. The standard InChI is InChI=1S/C19H20BrFN2O3S/c1-13(16-5-2-3-6-17(16)20)22-19(24)18-7-4-12-23(18)27(25,26)15-10-8-14(21)9-11-15/h2-3,5-6,8-11,13,18H,4,7,12H2,1H3,(H,22,24). The molecule has 1 amide bonds. The summed E-state index contributed by atoms with van der Waals surface area (Å²) in [4.78, 5) is 12.8. The molecular weight excluding hydrogens is 435 g/mol. The largest absolute Gasteiger partial charge is 0.348 e. The zero-order valence-electron chi connectivity index (χ0n) is 14.7. The molecule has 2 atom stereocenters. The van der Waals surface area contributed by atoms with E-state index < -0.39 is 21.9 Å². The second-order valence-corrected chi connectivity index (χ2v) is 9.22. The van der Waals surface area contributed by atoms with Gasteiger partial charge in [-0.25, -0.2) is 12.8 Å². The van der Waals surface area contributed by atoms with Crippen molar-refractivity contribution in [2.45, 2.75) is 36.7 Å². The van der Waals surface area contributed by atoms with E-state index >= 15 is 0 Å². The van der Waals surface area contributed by atoms with Crippen LogP contribution in [0, 0.1) is 5.82 Å². The number of sulfonamides is 1. The van der Waals surface area contributed by atoms with Crippen LogP contribution in [0.15, 0.2) is 57.9 Å². The van der Waals surface area contributed by atoms with Crippen molar-refractivity contribution in [3.05, 3.63) is 64.4 Å². The van der Waals surface area contributed by atoms with Crippen LogP contribution in [0.2, 0.25) is 0 Å². The van der Waals surface area contributed by atoms with Crippen molar-refractivity contribution in [1.29, 1.82) is 0 Å². The summed E-state index contributed by atoms with van der Waals surface area (Å²) in [5, 5.41) is 2.91. The van der Waals surface area contributed by atoms with Crippen molar-refractivity contribution in [2.75, 3.05) is 6.54 Å². The molecule has 1 aliphatic heterocycles. The lowest BCUT2D eigenvalue weighted by Gasteiger charge is -2.25. The van der Waals surface area contributed by atoms with E-state index in [2.05, 4.69) is 21.2 Å². The highest BCUT2D eigenvalue weighted by molar-refractivity contribution is 9.10. The van der Waals surface area contributed by atoms with Gasteiger partial charge in [-0.2, -0.15) is 4.31 Å². The van der Waals surface area contributed by atoms with Crippen LogP contribution < -0.4 is 5.32 Å². The van der Waals surface area contributed by atoms with Crippen LogP contribution in [0.1, 0.15) is 31.4 Å². The quantitative estimate of drug-likeness (QED) is 0.749. The maximum absolute atomic E-state index is 13.1. The average molecular weight is 455 g/mol. The SMILES string of the molecule is CC(NC(=O)C1CCCN1S(=O)(=O)c1ccc(F)cc1)c1ccccc1Br. The monoisotopic (exact) mass is 454 g/mol. The Balaban J connectivity index is 1.78. The van der Waals surface area contributed by atoms with Gasteiger partial charge in [0.1, 0.15) is 11.9 Å². The predicted octanol–water partition coefficient (Wildman–Crippen LogP) is 3.62. The van der Waals surface area contributed by atoms with Crippen LogP contribution in [-0.2, 0) is 14.8 Å². The molecule has 0 aliphatic carbocycles. The molecule has 1 fully saturated rings. The van der Waals surface area contributed by atoms with Gasteiger partial charge in [-0.15, -0.1) is 0 Å². The second kappa shape index (κ2) is 8.08. The number of halogens is 2. The number of hydrogen-bond donors (Lipinski definition) is 1. The van der Waals surface area contributed by atoms with Crippen LogP contribution in [0.4, 0.5) is 4.39 Å². The Morgan fingerprint density at radius 2 is 1.89 bits per heavy atom. The van der Waals surface area contributed by atoms with Gasteiger partial charge in [0, 0.05) is 11.0 Å². The number of amides is 1. The lowest BCUT2D eigenvalue weighted by Crippen LogP contribution is -2.46. The van der Waals surface area contributed by atoms with Gasteiger partial charge < -0.3 is 5.32 Å². The summed E-state index contributed by atoms with van der Waals surface area (Å²) in [6, 6.07) is 11.2. The molecule has 1 heterocycles. The van der Waals surface area contributed by atoms with Gasteiger partial charge in [0.2, 0.25) is 15.9 Å². The van der Waals surface area contributed by atoms with Gasteiger partial charge >= 0.3 is 0 Å². The third-order valence-electron chi connectivity index (χ3n) is 4.66. The lowest BCUT2D eigenvalue weighted by molar-refractivity contribution is -0.124. The molecule has 1 aliphatic rings. The Kier molecular flexibility index (Phi) is 5.98. The topological polar surface area (TPSA) is 66.5 Å². The molecule has 8 heteroatoms. The number of carbonyl (C=O) groups excluding carboxylic acids is 1. The Morgan fingerprint density at radius 3 is 2.56 bits per heavy atom. The smallest absolute Gasteiger partial charge is 0.243 e. The number of nitrogens with zero attached hydrogens (tertiary/aromatic N) is 1. The highest BCUT2D eigenvalue weighted by Gasteiger charge is 2.39. The minimum atomic E-state index is -3.86. The number of carbonyl (C=O) groups is 1. The molecule has 0 spiro atoms. The summed E-state index contributed by atoms with van der Waals surface area (Å²) >= 11 is 3.46. The summed E-state index contributed by atoms with van der Waals surface area (Å²) in [6.07, 6.45) is 1.05. The first-order valence-electron chi connectivity index (χ1n) is 8.63. The Bertz CT molecular complexity index is 934. The molecule has 0 saturated carbocycles. The normalized spacial score (nSPS) is 19.0. The molecule has 27 heavy (non-hydrogen) atoms. The zero-order valence-corrected chi connectivity index (χ0v) is 17.1. The van der Waals surface area contributed by atoms with Gasteiger partial charge in [-0.3, -0.25) is 4.79 Å². The van der Waals surface area contributed by atoms with E-state index in [1.54, 1.807) is 0 Å². The van der Waals surface area contributed by atoms with Gasteiger partial charge in [-0.05, 0) is 55.7 Å². The molecule has 5 nitrogen and oxygen atoms in total. The Morgan fingerprint density at radius 1 is 1.22 bits per heavy atom. The summed E-state index contributed by atoms with van der Waals surface area (Å²) in [7, 11) is -3.86. The van der Waals surface area contributed by atoms with Crippen LogP contribution in [0.5, 0.6) is 0 Å². The summed E-state index contributed by atoms with van der Waals surface area (Å²) < 4.78 is 41.0. The summed E-state index contributed by atoms with van der Waals surface area (Å²) in [6.45, 7) is 2.12. The van der Waals surface area contributed by atoms with Crippen LogP contribution in [0.25, 0.3) is 0 Å². The molecule has 2 aromatic rings. The fraction of sp³-hybridized carbons (Fsp3) is 0.316. The number of rotatable bonds is 5. The van der Waals surface area contributed by atoms with Crippen LogP contribution in [0.3, 0.4) is 0 Å². The van der Waals surface area contributed by atoms with Crippen molar-refractivity contribution >= 4 is 31.9 Å². The molecular formula is C19H20BrFN2O3S. The summed E-state index contributed by atoms with van der Waals surface area (Å²) in [5.41, 5.74) is 0.914. The van der Waals surface area contributed by atoms with E-state index in [0.717, 1.165) is 22.2 Å². The van der Waals surface area contributed by atoms with Crippen molar-refractivity contribution in [3.63, 3.8) is 0 Å². The first-order valence-corrected chi connectivity index (χ1v) is 10.9. The molecule has 2 unspecified atom stereocenters. The van der Waals surface area contributed by atoms with E-state index in [9.17, 15) is 17.6 Å². The van der Waals surface area contributed by atoms with E-state index in [-0.39, 0.29) is 23.4 Å². The van der Waals surface area contributed by atoms with Crippen LogP contribution >= 0.6 is 15.9 Å². The zero-order chi connectivity index (χ0) is 19.6. The Labute approximate surface area is 166 Å². The highest BCUT2D eigenvalue weighted by atomic mass is 79.9. The van der Waals surface area contributed by atoms with Crippen molar-refractivity contribution in [2.24, 2.45) is 0 Å². The number of hydrogen-bond acceptors (Lipinski definition) is 3. The molecule has 2 aromatic carbocycles. The van der Waals surface area contributed by atoms with E-state index in [1.165, 1.54) is 16.4 Å². The lowest BCUT2D eigenvalue weighted by atomic mass is 10.1. The minimum Gasteiger partial charge on any atom is -0.348 e. The second-order valence-electron chi connectivity index (χ2n) is 6.48. The fourth-order valence-corrected chi connectivity index (χ4v) is 5.53. The van der Waals surface area contributed by atoms with Crippen molar-refractivity contribution in [1.82, 2.24) is 9.62 Å². The first-order chi connectivity index (χ1) is 12.8. The summed E-state index contributed by atoms with van der Waals surface area (Å²) in [5.74, 6) is -0.839. The predicted molar refractivity (Wildman–Crippen MR) is 104 cm³/mol. The maximum atomic E-state index is 13.1. The maximum Gasteiger partial charge on any atom is 0.243 e. The molecule has 144 valence electrons. The Hall–Kier alpha value is -1.77. The van der Waals surface area contributed by atoms with Gasteiger partial charge in [-0.1, -0.05) is 34.1 Å². The van der Waals surface area contributed by atoms with Crippen molar-refractivity contribution in [3.8, 4) is 0 Å². The van der Waals surface area contributed by atoms with Crippen LogP contribution in [-0.4, -0.2) is 31.2 Å². The van der Waals surface area contributed by atoms with E-state index in [4.69, 9.17) is 0 Å². The van der Waals surface area contributed by atoms with E-state index in [1.807, 2.05) is 31.2 Å². The van der Waals surface area contributed by atoms with E-state index in [0.29, 0.717) is 12.8 Å². The average Bonchev–Trinajstić information content (AvgIpc) is 3.13. The van der Waals surface area contributed by atoms with Gasteiger partial charge in [0.15, 0.2) is 0 Å². The molecule has 0 radical (unpaired) electrons. The third-order valence-corrected chi connectivity index (χ3v) is 7.30. The number of benzene rings is 2. The van der Waals surface area contributed by atoms with Gasteiger partial charge in [0.25, 0.3) is 0 Å². The van der Waals surface area contributed by atoms with Gasteiger partial charge in [0.05, 0.1) is 10.9 Å². The third kappa shape index (κ3) is 4.23. The minimum absolute atomic E-state index is 0.0116. The molecule has 1 saturated heterocycles. The molecule has 1 N–H and O–H groups in total. The molecule has 3 rings (SSSR count).